The number of aryl methyl sites for hydroxylation is 1. The van der Waals surface area contributed by atoms with Crippen molar-refractivity contribution in [1.29, 1.82) is 0 Å². The number of aromatic nitrogens is 2. The number of likely N-dealkylation sites (N-methyl/N-ethyl adjacent to an activating group) is 1. The summed E-state index contributed by atoms with van der Waals surface area (Å²) >= 11 is 0. The second-order valence-corrected chi connectivity index (χ2v) is 10.8. The number of amides is 1. The molecular weight excluding hydrogens is 488 g/mol. The molecule has 5 rings (SSSR count). The summed E-state index contributed by atoms with van der Waals surface area (Å²) in [6.07, 6.45) is 3.55. The molecule has 1 aliphatic heterocycles. The normalized spacial score (nSPS) is 19.0. The Bertz CT molecular complexity index is 1430. The summed E-state index contributed by atoms with van der Waals surface area (Å²) < 4.78 is 8.69. The second kappa shape index (κ2) is 11.7. The minimum absolute atomic E-state index is 0.0303. The van der Waals surface area contributed by atoms with Crippen molar-refractivity contribution in [1.82, 2.24) is 19.4 Å². The lowest BCUT2D eigenvalue weighted by Gasteiger charge is -2.35. The first-order valence-electron chi connectivity index (χ1n) is 13.7. The van der Waals surface area contributed by atoms with Crippen LogP contribution >= 0.6 is 0 Å². The molecule has 0 radical (unpaired) electrons. The van der Waals surface area contributed by atoms with E-state index in [1.807, 2.05) is 60.0 Å². The number of carbonyl (C=O) groups is 1. The lowest BCUT2D eigenvalue weighted by molar-refractivity contribution is -0.0242. The third-order valence-corrected chi connectivity index (χ3v) is 7.89. The number of rotatable bonds is 6. The number of pyridine rings is 1. The summed E-state index contributed by atoms with van der Waals surface area (Å²) in [6.45, 7) is 6.31. The van der Waals surface area contributed by atoms with Crippen LogP contribution in [-0.2, 0) is 24.9 Å². The molecule has 0 spiro atoms. The van der Waals surface area contributed by atoms with Gasteiger partial charge in [0.25, 0.3) is 5.91 Å². The first-order valence-corrected chi connectivity index (χ1v) is 13.7. The summed E-state index contributed by atoms with van der Waals surface area (Å²) in [4.78, 5) is 22.7. The number of hydrogen-bond acceptors (Lipinski definition) is 5. The van der Waals surface area contributed by atoms with E-state index < -0.39 is 0 Å². The van der Waals surface area contributed by atoms with Crippen molar-refractivity contribution >= 4 is 16.8 Å². The third-order valence-electron chi connectivity index (χ3n) is 7.89. The molecule has 1 aliphatic rings. The zero-order valence-electron chi connectivity index (χ0n) is 23.2. The summed E-state index contributed by atoms with van der Waals surface area (Å²) in [7, 11) is 4.04. The van der Waals surface area contributed by atoms with Crippen LogP contribution in [0.25, 0.3) is 22.0 Å². The summed E-state index contributed by atoms with van der Waals surface area (Å²) in [5.41, 5.74) is 5.77. The Balaban J connectivity index is 1.58. The highest BCUT2D eigenvalue weighted by Crippen LogP contribution is 2.38. The minimum Gasteiger partial charge on any atom is -0.394 e. The smallest absolute Gasteiger partial charge is 0.271 e. The molecule has 1 N–H and O–H groups in total. The molecule has 4 aromatic rings. The number of nitrogens with zero attached hydrogens (tertiary/aromatic N) is 4. The van der Waals surface area contributed by atoms with E-state index in [4.69, 9.17) is 4.74 Å². The Morgan fingerprint density at radius 3 is 2.67 bits per heavy atom. The zero-order chi connectivity index (χ0) is 27.5. The molecule has 2 aromatic heterocycles. The quantitative estimate of drug-likeness (QED) is 0.393. The van der Waals surface area contributed by atoms with Crippen LogP contribution in [0.4, 0.5) is 0 Å². The Hall–Kier alpha value is -3.52. The van der Waals surface area contributed by atoms with Crippen LogP contribution in [-0.4, -0.2) is 69.3 Å². The van der Waals surface area contributed by atoms with Gasteiger partial charge in [-0.25, -0.2) is 0 Å². The van der Waals surface area contributed by atoms with Gasteiger partial charge in [-0.05, 0) is 42.8 Å². The van der Waals surface area contributed by atoms with Gasteiger partial charge in [0.2, 0.25) is 0 Å². The molecular formula is C32H38N4O3. The van der Waals surface area contributed by atoms with Crippen molar-refractivity contribution in [3.63, 3.8) is 0 Å². The molecule has 1 amide bonds. The van der Waals surface area contributed by atoms with Crippen LogP contribution in [0.3, 0.4) is 0 Å². The highest BCUT2D eigenvalue weighted by atomic mass is 16.5. The summed E-state index contributed by atoms with van der Waals surface area (Å²) in [5.74, 6) is -0.0426. The fraction of sp³-hybridized carbons (Fsp3) is 0.375. The summed E-state index contributed by atoms with van der Waals surface area (Å²) in [6, 6.07) is 20.1. The van der Waals surface area contributed by atoms with E-state index in [-0.39, 0.29) is 30.6 Å². The topological polar surface area (TPSA) is 70.8 Å². The van der Waals surface area contributed by atoms with Gasteiger partial charge in [-0.1, -0.05) is 55.5 Å². The number of aliphatic hydroxyl groups is 1. The maximum Gasteiger partial charge on any atom is 0.271 e. The predicted molar refractivity (Wildman–Crippen MR) is 154 cm³/mol. The highest BCUT2D eigenvalue weighted by Gasteiger charge is 2.33. The van der Waals surface area contributed by atoms with Crippen LogP contribution in [0.2, 0.25) is 0 Å². The first-order chi connectivity index (χ1) is 18.9. The van der Waals surface area contributed by atoms with Gasteiger partial charge in [0.15, 0.2) is 0 Å². The van der Waals surface area contributed by atoms with E-state index in [0.717, 1.165) is 39.7 Å². The zero-order valence-corrected chi connectivity index (χ0v) is 23.2. The molecule has 39 heavy (non-hydrogen) atoms. The number of fused-ring (bicyclic) bond motifs is 5. The lowest BCUT2D eigenvalue weighted by atomic mass is 9.96. The number of carbonyl (C=O) groups excluding carboxylic acids is 1. The molecule has 7 nitrogen and oxygen atoms in total. The van der Waals surface area contributed by atoms with Gasteiger partial charge in [0.05, 0.1) is 25.4 Å². The molecule has 0 bridgehead atoms. The van der Waals surface area contributed by atoms with Crippen molar-refractivity contribution in [3.05, 3.63) is 89.9 Å². The minimum atomic E-state index is -0.337. The molecule has 0 saturated heterocycles. The van der Waals surface area contributed by atoms with Gasteiger partial charge in [0.1, 0.15) is 5.69 Å². The lowest BCUT2D eigenvalue weighted by Crippen LogP contribution is -2.47. The van der Waals surface area contributed by atoms with Crippen molar-refractivity contribution in [3.8, 4) is 11.1 Å². The van der Waals surface area contributed by atoms with E-state index in [2.05, 4.69) is 54.2 Å². The fourth-order valence-electron chi connectivity index (χ4n) is 5.70. The average molecular weight is 527 g/mol. The standard InChI is InChI=1S/C32H38N4O3/c1-22-17-36(23(2)20-37)32(38)31-30(27-13-7-8-14-28(27)35(31)4)26-12-6-5-11-25(26)21-39-29(22)19-34(3)18-24-10-9-15-33-16-24/h5-16,22-23,29,37H,17-21H2,1-4H3/t22-,23-,29+/m0/s1. The van der Waals surface area contributed by atoms with Crippen molar-refractivity contribution in [2.75, 3.05) is 26.7 Å². The number of ether oxygens (including phenoxy) is 1. The van der Waals surface area contributed by atoms with Crippen molar-refractivity contribution in [2.45, 2.75) is 39.1 Å². The molecule has 3 heterocycles. The molecule has 204 valence electrons. The highest BCUT2D eigenvalue weighted by molar-refractivity contribution is 6.10. The fourth-order valence-corrected chi connectivity index (χ4v) is 5.70. The monoisotopic (exact) mass is 526 g/mol. The Morgan fingerprint density at radius 2 is 1.90 bits per heavy atom. The number of aliphatic hydroxyl groups excluding tert-OH is 1. The second-order valence-electron chi connectivity index (χ2n) is 10.8. The van der Waals surface area contributed by atoms with Crippen LogP contribution < -0.4 is 0 Å². The third kappa shape index (κ3) is 5.48. The number of para-hydroxylation sites is 1. The van der Waals surface area contributed by atoms with Crippen LogP contribution in [0, 0.1) is 5.92 Å². The van der Waals surface area contributed by atoms with Gasteiger partial charge in [-0.2, -0.15) is 0 Å². The van der Waals surface area contributed by atoms with E-state index in [1.165, 1.54) is 0 Å². The van der Waals surface area contributed by atoms with E-state index in [0.29, 0.717) is 25.4 Å². The number of benzene rings is 2. The van der Waals surface area contributed by atoms with Gasteiger partial charge >= 0.3 is 0 Å². The van der Waals surface area contributed by atoms with Gasteiger partial charge in [-0.3, -0.25) is 14.7 Å². The maximum absolute atomic E-state index is 14.4. The first kappa shape index (κ1) is 27.1. The van der Waals surface area contributed by atoms with E-state index in [1.54, 1.807) is 6.20 Å². The Labute approximate surface area is 230 Å². The number of hydrogen-bond donors (Lipinski definition) is 1. The molecule has 3 atom stereocenters. The Morgan fingerprint density at radius 1 is 1.13 bits per heavy atom. The summed E-state index contributed by atoms with van der Waals surface area (Å²) in [5, 5.41) is 11.2. The molecule has 0 fully saturated rings. The van der Waals surface area contributed by atoms with E-state index in [9.17, 15) is 9.90 Å². The Kier molecular flexibility index (Phi) is 8.12. The largest absolute Gasteiger partial charge is 0.394 e. The van der Waals surface area contributed by atoms with Crippen LogP contribution in [0.1, 0.15) is 35.5 Å². The van der Waals surface area contributed by atoms with Crippen molar-refractivity contribution in [2.24, 2.45) is 13.0 Å². The predicted octanol–water partition coefficient (Wildman–Crippen LogP) is 4.73. The average Bonchev–Trinajstić information content (AvgIpc) is 3.24. The molecule has 0 aliphatic carbocycles. The van der Waals surface area contributed by atoms with Gasteiger partial charge in [-0.15, -0.1) is 0 Å². The molecule has 0 saturated carbocycles. The van der Waals surface area contributed by atoms with Gasteiger partial charge < -0.3 is 19.3 Å². The molecule has 2 aromatic carbocycles. The van der Waals surface area contributed by atoms with Gasteiger partial charge in [0, 0.05) is 61.5 Å². The van der Waals surface area contributed by atoms with Crippen LogP contribution in [0.5, 0.6) is 0 Å². The van der Waals surface area contributed by atoms with E-state index >= 15 is 0 Å². The maximum atomic E-state index is 14.4. The molecule has 0 unspecified atom stereocenters. The van der Waals surface area contributed by atoms with Crippen LogP contribution in [0.15, 0.2) is 73.1 Å². The SMILES string of the molecule is C[C@H]1CN([C@@H](C)CO)C(=O)c2c(c3ccccc3n2C)-c2ccccc2CO[C@@H]1CN(C)Cc1cccnc1. The van der Waals surface area contributed by atoms with Crippen molar-refractivity contribution < 1.29 is 14.6 Å². The molecule has 7 heteroatoms.